The van der Waals surface area contributed by atoms with Crippen LogP contribution in [0, 0.1) is 6.92 Å². The van der Waals surface area contributed by atoms with Crippen LogP contribution in [0.3, 0.4) is 0 Å². The molecule has 4 nitrogen and oxygen atoms in total. The van der Waals surface area contributed by atoms with Crippen molar-refractivity contribution < 1.29 is 9.59 Å². The second kappa shape index (κ2) is 4.57. The first-order valence-corrected chi connectivity index (χ1v) is 5.72. The van der Waals surface area contributed by atoms with Crippen LogP contribution in [0.4, 0.5) is 0 Å². The fourth-order valence-corrected chi connectivity index (χ4v) is 2.15. The summed E-state index contributed by atoms with van der Waals surface area (Å²) >= 11 is 0. The molecule has 1 aliphatic rings. The van der Waals surface area contributed by atoms with Crippen molar-refractivity contribution in [1.29, 1.82) is 0 Å². The molecular weight excluding hydrogens is 216 g/mol. The summed E-state index contributed by atoms with van der Waals surface area (Å²) in [6, 6.07) is 5.91. The second-order valence-corrected chi connectivity index (χ2v) is 4.32. The predicted octanol–water partition coefficient (Wildman–Crippen LogP) is 1.09. The third-order valence-electron chi connectivity index (χ3n) is 2.98. The van der Waals surface area contributed by atoms with Gasteiger partial charge in [-0.05, 0) is 18.1 Å². The Hall–Kier alpha value is -1.84. The number of hydrogen-bond acceptors (Lipinski definition) is 2. The van der Waals surface area contributed by atoms with Crippen LogP contribution in [0.15, 0.2) is 18.2 Å². The molecule has 0 unspecified atom stereocenters. The van der Waals surface area contributed by atoms with Gasteiger partial charge in [-0.2, -0.15) is 0 Å². The zero-order chi connectivity index (χ0) is 12.4. The number of rotatable bonds is 3. The molecule has 0 aliphatic carbocycles. The fraction of sp³-hybridized carbons (Fsp3) is 0.385. The number of amides is 2. The molecule has 0 saturated carbocycles. The van der Waals surface area contributed by atoms with Crippen LogP contribution in [0.25, 0.3) is 0 Å². The molecule has 1 aromatic rings. The molecule has 0 bridgehead atoms. The largest absolute Gasteiger partial charge is 0.355 e. The van der Waals surface area contributed by atoms with Crippen LogP contribution in [0.5, 0.6) is 0 Å². The van der Waals surface area contributed by atoms with E-state index in [-0.39, 0.29) is 11.8 Å². The summed E-state index contributed by atoms with van der Waals surface area (Å²) in [6.45, 7) is 5.15. The topological polar surface area (TPSA) is 49.4 Å². The van der Waals surface area contributed by atoms with E-state index in [1.807, 2.05) is 25.1 Å². The number of carbonyl (C=O) groups is 2. The average Bonchev–Trinajstić information content (AvgIpc) is 2.57. The van der Waals surface area contributed by atoms with E-state index in [0.29, 0.717) is 19.6 Å². The molecule has 17 heavy (non-hydrogen) atoms. The predicted molar refractivity (Wildman–Crippen MR) is 64.6 cm³/mol. The van der Waals surface area contributed by atoms with E-state index < -0.39 is 0 Å². The van der Waals surface area contributed by atoms with Crippen LogP contribution >= 0.6 is 0 Å². The van der Waals surface area contributed by atoms with Crippen LogP contribution in [0.1, 0.15) is 28.4 Å². The highest BCUT2D eigenvalue weighted by Gasteiger charge is 2.27. The van der Waals surface area contributed by atoms with E-state index in [2.05, 4.69) is 5.32 Å². The van der Waals surface area contributed by atoms with E-state index in [0.717, 1.165) is 16.7 Å². The molecule has 90 valence electrons. The van der Waals surface area contributed by atoms with Gasteiger partial charge in [0.05, 0.1) is 0 Å². The van der Waals surface area contributed by atoms with Crippen LogP contribution < -0.4 is 5.32 Å². The number of carbonyl (C=O) groups excluding carboxylic acids is 2. The minimum Gasteiger partial charge on any atom is -0.355 e. The number of hydrogen-bond donors (Lipinski definition) is 1. The van der Waals surface area contributed by atoms with Crippen molar-refractivity contribution in [1.82, 2.24) is 10.2 Å². The summed E-state index contributed by atoms with van der Waals surface area (Å²) in [5.74, 6) is 0.00814. The number of fused-ring (bicyclic) bond motifs is 1. The molecule has 0 saturated heterocycles. The maximum Gasteiger partial charge on any atom is 0.254 e. The van der Waals surface area contributed by atoms with Gasteiger partial charge in [-0.15, -0.1) is 0 Å². The quantitative estimate of drug-likeness (QED) is 0.848. The standard InChI is InChI=1S/C13H16N2O2/c1-9-4-3-5-11-8-15(13(17)12(9)11)7-6-14-10(2)16/h3-5H,6-8H2,1-2H3,(H,14,16). The highest BCUT2D eigenvalue weighted by molar-refractivity contribution is 5.99. The molecule has 2 amide bonds. The summed E-state index contributed by atoms with van der Waals surface area (Å²) < 4.78 is 0. The number of nitrogens with one attached hydrogen (secondary N) is 1. The third-order valence-corrected chi connectivity index (χ3v) is 2.98. The summed E-state index contributed by atoms with van der Waals surface area (Å²) in [6.07, 6.45) is 0. The summed E-state index contributed by atoms with van der Waals surface area (Å²) in [5, 5.41) is 2.70. The summed E-state index contributed by atoms with van der Waals surface area (Å²) in [5.41, 5.74) is 2.93. The molecule has 4 heteroatoms. The van der Waals surface area contributed by atoms with Crippen LogP contribution in [0.2, 0.25) is 0 Å². The van der Waals surface area contributed by atoms with Crippen molar-refractivity contribution in [2.24, 2.45) is 0 Å². The molecule has 1 aromatic carbocycles. The number of aryl methyl sites for hydroxylation is 1. The van der Waals surface area contributed by atoms with Gasteiger partial charge >= 0.3 is 0 Å². The minimum absolute atomic E-state index is 0.0645. The molecule has 0 spiro atoms. The number of nitrogens with zero attached hydrogens (tertiary/aromatic N) is 1. The lowest BCUT2D eigenvalue weighted by Crippen LogP contribution is -2.34. The maximum atomic E-state index is 12.1. The molecule has 0 aromatic heterocycles. The van der Waals surface area contributed by atoms with Gasteiger partial charge in [-0.3, -0.25) is 9.59 Å². The first kappa shape index (κ1) is 11.6. The van der Waals surface area contributed by atoms with E-state index >= 15 is 0 Å². The Bertz CT molecular complexity index is 468. The van der Waals surface area contributed by atoms with Gasteiger partial charge < -0.3 is 10.2 Å². The monoisotopic (exact) mass is 232 g/mol. The zero-order valence-corrected chi connectivity index (χ0v) is 10.1. The first-order valence-electron chi connectivity index (χ1n) is 5.72. The van der Waals surface area contributed by atoms with Gasteiger partial charge in [-0.25, -0.2) is 0 Å². The van der Waals surface area contributed by atoms with Gasteiger partial charge in [0.1, 0.15) is 0 Å². The Morgan fingerprint density at radius 3 is 2.88 bits per heavy atom. The first-order chi connectivity index (χ1) is 8.09. The Morgan fingerprint density at radius 1 is 1.47 bits per heavy atom. The van der Waals surface area contributed by atoms with E-state index in [1.54, 1.807) is 4.90 Å². The van der Waals surface area contributed by atoms with Crippen molar-refractivity contribution >= 4 is 11.8 Å². The normalized spacial score (nSPS) is 13.8. The van der Waals surface area contributed by atoms with Crippen molar-refractivity contribution in [3.8, 4) is 0 Å². The Kier molecular flexibility index (Phi) is 3.13. The van der Waals surface area contributed by atoms with Crippen LogP contribution in [-0.2, 0) is 11.3 Å². The van der Waals surface area contributed by atoms with Gasteiger partial charge in [0, 0.05) is 32.1 Å². The van der Waals surface area contributed by atoms with Crippen molar-refractivity contribution in [3.63, 3.8) is 0 Å². The van der Waals surface area contributed by atoms with Gasteiger partial charge in [-0.1, -0.05) is 18.2 Å². The molecule has 0 radical (unpaired) electrons. The Morgan fingerprint density at radius 2 is 2.24 bits per heavy atom. The lowest BCUT2D eigenvalue weighted by molar-refractivity contribution is -0.119. The van der Waals surface area contributed by atoms with Crippen molar-refractivity contribution in [2.45, 2.75) is 20.4 Å². The average molecular weight is 232 g/mol. The molecule has 2 rings (SSSR count). The molecule has 1 heterocycles. The minimum atomic E-state index is -0.0645. The SMILES string of the molecule is CC(=O)NCCN1Cc2cccc(C)c2C1=O. The Balaban J connectivity index is 2.05. The maximum absolute atomic E-state index is 12.1. The lowest BCUT2D eigenvalue weighted by atomic mass is 10.0. The molecular formula is C13H16N2O2. The molecule has 0 atom stereocenters. The van der Waals surface area contributed by atoms with Gasteiger partial charge in [0.15, 0.2) is 0 Å². The number of benzene rings is 1. The smallest absolute Gasteiger partial charge is 0.254 e. The molecule has 1 aliphatic heterocycles. The van der Waals surface area contributed by atoms with Crippen molar-refractivity contribution in [2.75, 3.05) is 13.1 Å². The second-order valence-electron chi connectivity index (χ2n) is 4.32. The van der Waals surface area contributed by atoms with Gasteiger partial charge in [0.2, 0.25) is 5.91 Å². The highest BCUT2D eigenvalue weighted by atomic mass is 16.2. The summed E-state index contributed by atoms with van der Waals surface area (Å²) in [4.78, 5) is 24.6. The summed E-state index contributed by atoms with van der Waals surface area (Å²) in [7, 11) is 0. The van der Waals surface area contributed by atoms with E-state index in [4.69, 9.17) is 0 Å². The van der Waals surface area contributed by atoms with Gasteiger partial charge in [0.25, 0.3) is 5.91 Å². The zero-order valence-electron chi connectivity index (χ0n) is 10.1. The molecule has 1 N–H and O–H groups in total. The highest BCUT2D eigenvalue weighted by Crippen LogP contribution is 2.24. The van der Waals surface area contributed by atoms with E-state index in [9.17, 15) is 9.59 Å². The van der Waals surface area contributed by atoms with Crippen LogP contribution in [-0.4, -0.2) is 29.8 Å². The molecule has 0 fully saturated rings. The fourth-order valence-electron chi connectivity index (χ4n) is 2.15. The van der Waals surface area contributed by atoms with E-state index in [1.165, 1.54) is 6.92 Å². The lowest BCUT2D eigenvalue weighted by Gasteiger charge is -2.15. The Labute approximate surface area is 101 Å². The third kappa shape index (κ3) is 2.30. The van der Waals surface area contributed by atoms with Crippen molar-refractivity contribution in [3.05, 3.63) is 34.9 Å².